The van der Waals surface area contributed by atoms with Crippen LogP contribution in [0.2, 0.25) is 0 Å². The summed E-state index contributed by atoms with van der Waals surface area (Å²) in [6, 6.07) is 12.3. The predicted molar refractivity (Wildman–Crippen MR) is 70.6 cm³/mol. The van der Waals surface area contributed by atoms with E-state index >= 15 is 0 Å². The Bertz CT molecular complexity index is 471. The molecule has 0 radical (unpaired) electrons. The monoisotopic (exact) mass is 229 g/mol. The lowest BCUT2D eigenvalue weighted by Crippen LogP contribution is -2.26. The van der Waals surface area contributed by atoms with Crippen LogP contribution in [0.4, 0.5) is 0 Å². The Labute approximate surface area is 102 Å². The van der Waals surface area contributed by atoms with Gasteiger partial charge in [0.2, 0.25) is 0 Å². The summed E-state index contributed by atoms with van der Waals surface area (Å²) in [7, 11) is 0. The molecule has 2 rings (SSSR count). The van der Waals surface area contributed by atoms with Crippen LogP contribution in [0.15, 0.2) is 36.4 Å². The third-order valence-electron chi connectivity index (χ3n) is 2.92. The molecule has 3 nitrogen and oxygen atoms in total. The second-order valence-electron chi connectivity index (χ2n) is 5.19. The highest BCUT2D eigenvalue weighted by Gasteiger charge is 2.17. The van der Waals surface area contributed by atoms with Crippen molar-refractivity contribution in [1.82, 2.24) is 10.2 Å². The van der Waals surface area contributed by atoms with Crippen LogP contribution in [0.3, 0.4) is 0 Å². The van der Waals surface area contributed by atoms with E-state index in [0.29, 0.717) is 6.54 Å². The van der Waals surface area contributed by atoms with Gasteiger partial charge in [0.15, 0.2) is 0 Å². The first-order valence-electron chi connectivity index (χ1n) is 5.90. The number of benzene rings is 1. The zero-order valence-corrected chi connectivity index (χ0v) is 10.4. The summed E-state index contributed by atoms with van der Waals surface area (Å²) in [6.45, 7) is 5.00. The van der Waals surface area contributed by atoms with E-state index in [1.807, 2.05) is 18.2 Å². The first kappa shape index (κ1) is 11.9. The predicted octanol–water partition coefficient (Wildman–Crippen LogP) is 2.60. The molecule has 0 aliphatic heterocycles. The summed E-state index contributed by atoms with van der Waals surface area (Å²) in [5.74, 6) is 0. The van der Waals surface area contributed by atoms with Gasteiger partial charge >= 0.3 is 0 Å². The lowest BCUT2D eigenvalue weighted by atomic mass is 9.88. The molecular formula is C14H19N3. The Balaban J connectivity index is 2.17. The zero-order valence-electron chi connectivity index (χ0n) is 10.4. The highest BCUT2D eigenvalue weighted by atomic mass is 15.1. The molecule has 1 aromatic heterocycles. The summed E-state index contributed by atoms with van der Waals surface area (Å²) < 4.78 is 0. The van der Waals surface area contributed by atoms with Crippen molar-refractivity contribution < 1.29 is 0 Å². The van der Waals surface area contributed by atoms with E-state index in [1.165, 1.54) is 0 Å². The van der Waals surface area contributed by atoms with Crippen LogP contribution in [-0.4, -0.2) is 16.7 Å². The van der Waals surface area contributed by atoms with Gasteiger partial charge in [-0.1, -0.05) is 44.2 Å². The van der Waals surface area contributed by atoms with Gasteiger partial charge in [-0.15, -0.1) is 0 Å². The van der Waals surface area contributed by atoms with Gasteiger partial charge in [0, 0.05) is 11.3 Å². The number of hydrogen-bond donors (Lipinski definition) is 2. The topological polar surface area (TPSA) is 54.7 Å². The van der Waals surface area contributed by atoms with Crippen molar-refractivity contribution in [2.24, 2.45) is 11.1 Å². The average Bonchev–Trinajstić information content (AvgIpc) is 2.78. The minimum Gasteiger partial charge on any atom is -0.330 e. The smallest absolute Gasteiger partial charge is 0.0923 e. The third-order valence-corrected chi connectivity index (χ3v) is 2.92. The van der Waals surface area contributed by atoms with Crippen LogP contribution in [0.25, 0.3) is 11.3 Å². The molecule has 0 aliphatic rings. The van der Waals surface area contributed by atoms with Gasteiger partial charge in [-0.25, -0.2) is 0 Å². The fourth-order valence-corrected chi connectivity index (χ4v) is 1.80. The molecule has 17 heavy (non-hydrogen) atoms. The molecule has 90 valence electrons. The first-order chi connectivity index (χ1) is 8.11. The molecule has 0 fully saturated rings. The molecular weight excluding hydrogens is 210 g/mol. The Morgan fingerprint density at radius 2 is 1.94 bits per heavy atom. The van der Waals surface area contributed by atoms with Crippen molar-refractivity contribution in [2.45, 2.75) is 20.3 Å². The van der Waals surface area contributed by atoms with Gasteiger partial charge in [-0.05, 0) is 24.4 Å². The van der Waals surface area contributed by atoms with Crippen molar-refractivity contribution in [3.05, 3.63) is 42.1 Å². The number of nitrogens with zero attached hydrogens (tertiary/aromatic N) is 1. The van der Waals surface area contributed by atoms with E-state index < -0.39 is 0 Å². The van der Waals surface area contributed by atoms with Gasteiger partial charge in [0.25, 0.3) is 0 Å². The second-order valence-corrected chi connectivity index (χ2v) is 5.19. The zero-order chi connectivity index (χ0) is 12.3. The van der Waals surface area contributed by atoms with Crippen LogP contribution in [0.1, 0.15) is 19.5 Å². The van der Waals surface area contributed by atoms with Crippen LogP contribution in [0.5, 0.6) is 0 Å². The van der Waals surface area contributed by atoms with E-state index in [2.05, 4.69) is 42.2 Å². The third kappa shape index (κ3) is 2.94. The van der Waals surface area contributed by atoms with Crippen LogP contribution >= 0.6 is 0 Å². The maximum Gasteiger partial charge on any atom is 0.0923 e. The van der Waals surface area contributed by atoms with Crippen LogP contribution in [-0.2, 0) is 6.42 Å². The molecule has 0 saturated heterocycles. The molecule has 2 aromatic rings. The number of nitrogens with one attached hydrogen (secondary N) is 1. The molecule has 0 atom stereocenters. The highest BCUT2D eigenvalue weighted by Crippen LogP contribution is 2.22. The highest BCUT2D eigenvalue weighted by molar-refractivity contribution is 5.58. The van der Waals surface area contributed by atoms with E-state index in [9.17, 15) is 0 Å². The normalized spacial score (nSPS) is 11.7. The fourth-order valence-electron chi connectivity index (χ4n) is 1.80. The quantitative estimate of drug-likeness (QED) is 0.846. The van der Waals surface area contributed by atoms with Crippen LogP contribution in [0, 0.1) is 5.41 Å². The van der Waals surface area contributed by atoms with Gasteiger partial charge in [0.05, 0.1) is 5.69 Å². The Kier molecular flexibility index (Phi) is 3.29. The van der Waals surface area contributed by atoms with Crippen molar-refractivity contribution in [2.75, 3.05) is 6.54 Å². The summed E-state index contributed by atoms with van der Waals surface area (Å²) in [5.41, 5.74) is 9.12. The molecule has 0 bridgehead atoms. The number of aromatic nitrogens is 2. The Morgan fingerprint density at radius 1 is 1.24 bits per heavy atom. The minimum absolute atomic E-state index is 0.112. The lowest BCUT2D eigenvalue weighted by molar-refractivity contribution is 0.372. The van der Waals surface area contributed by atoms with Crippen molar-refractivity contribution in [3.8, 4) is 11.3 Å². The molecule has 0 unspecified atom stereocenters. The molecule has 1 aromatic carbocycles. The number of aromatic amines is 1. The Hall–Kier alpha value is -1.61. The summed E-state index contributed by atoms with van der Waals surface area (Å²) in [4.78, 5) is 0. The number of hydrogen-bond acceptors (Lipinski definition) is 2. The molecule has 0 aliphatic carbocycles. The molecule has 0 saturated carbocycles. The van der Waals surface area contributed by atoms with E-state index in [4.69, 9.17) is 5.73 Å². The largest absolute Gasteiger partial charge is 0.330 e. The lowest BCUT2D eigenvalue weighted by Gasteiger charge is -2.20. The second kappa shape index (κ2) is 4.72. The van der Waals surface area contributed by atoms with Gasteiger partial charge < -0.3 is 5.73 Å². The summed E-state index contributed by atoms with van der Waals surface area (Å²) in [5, 5.41) is 7.43. The molecule has 0 amide bonds. The SMILES string of the molecule is CC(C)(CN)Cc1cc(-c2ccccc2)n[nH]1. The first-order valence-corrected chi connectivity index (χ1v) is 5.90. The molecule has 0 spiro atoms. The number of rotatable bonds is 4. The van der Waals surface area contributed by atoms with E-state index in [-0.39, 0.29) is 5.41 Å². The molecule has 3 N–H and O–H groups in total. The van der Waals surface area contributed by atoms with Gasteiger partial charge in [-0.3, -0.25) is 5.10 Å². The summed E-state index contributed by atoms with van der Waals surface area (Å²) in [6.07, 6.45) is 0.920. The summed E-state index contributed by atoms with van der Waals surface area (Å²) >= 11 is 0. The van der Waals surface area contributed by atoms with Crippen LogP contribution < -0.4 is 5.73 Å². The van der Waals surface area contributed by atoms with Crippen molar-refractivity contribution >= 4 is 0 Å². The van der Waals surface area contributed by atoms with E-state index in [0.717, 1.165) is 23.4 Å². The van der Waals surface area contributed by atoms with Crippen molar-refractivity contribution in [1.29, 1.82) is 0 Å². The molecule has 1 heterocycles. The standard InChI is InChI=1S/C14H19N3/c1-14(2,10-15)9-12-8-13(17-16-12)11-6-4-3-5-7-11/h3-8H,9-10,15H2,1-2H3,(H,16,17). The molecule has 3 heteroatoms. The maximum atomic E-state index is 5.74. The Morgan fingerprint density at radius 3 is 2.59 bits per heavy atom. The average molecular weight is 229 g/mol. The fraction of sp³-hybridized carbons (Fsp3) is 0.357. The number of nitrogens with two attached hydrogens (primary N) is 1. The van der Waals surface area contributed by atoms with E-state index in [1.54, 1.807) is 0 Å². The van der Waals surface area contributed by atoms with Crippen molar-refractivity contribution in [3.63, 3.8) is 0 Å². The maximum absolute atomic E-state index is 5.74. The van der Waals surface area contributed by atoms with Gasteiger partial charge in [0.1, 0.15) is 0 Å². The minimum atomic E-state index is 0.112. The van der Waals surface area contributed by atoms with Gasteiger partial charge in [-0.2, -0.15) is 5.10 Å². The number of H-pyrrole nitrogens is 1.